The first-order valence-corrected chi connectivity index (χ1v) is 16.3. The monoisotopic (exact) mass is 687 g/mol. The van der Waals surface area contributed by atoms with E-state index < -0.39 is 46.9 Å². The van der Waals surface area contributed by atoms with Crippen molar-refractivity contribution in [3.05, 3.63) is 59.6 Å². The van der Waals surface area contributed by atoms with Crippen molar-refractivity contribution in [3.63, 3.8) is 0 Å². The summed E-state index contributed by atoms with van der Waals surface area (Å²) >= 11 is 0. The highest BCUT2D eigenvalue weighted by molar-refractivity contribution is 6.10. The molecule has 3 fully saturated rings. The SMILES string of the molecule is Cc1cc(C(F)(F)F)cc(N2C(=O)C[C@@H]3CN(CCN4CCOC5(C4)CN(C(=O)/C=C/CN(C)C)C5)c4c(F)cccc4N(C)C(=O)[C@H]32)n1. The maximum atomic E-state index is 15.6. The number of likely N-dealkylation sites (N-methyl/N-ethyl adjacent to an activating group) is 2. The number of fused-ring (bicyclic) bond motifs is 2. The molecule has 3 saturated heterocycles. The Morgan fingerprint density at radius 3 is 2.61 bits per heavy atom. The molecule has 1 aromatic heterocycles. The molecule has 3 amide bonds. The number of alkyl halides is 3. The van der Waals surface area contributed by atoms with Crippen molar-refractivity contribution in [1.82, 2.24) is 19.7 Å². The van der Waals surface area contributed by atoms with Crippen LogP contribution in [0.1, 0.15) is 17.7 Å². The number of halogens is 4. The van der Waals surface area contributed by atoms with Gasteiger partial charge in [-0.3, -0.25) is 24.2 Å². The van der Waals surface area contributed by atoms with Crippen molar-refractivity contribution in [3.8, 4) is 0 Å². The number of aromatic nitrogens is 1. The van der Waals surface area contributed by atoms with Gasteiger partial charge < -0.3 is 24.3 Å². The largest absolute Gasteiger partial charge is 0.416 e. The van der Waals surface area contributed by atoms with Gasteiger partial charge in [-0.05, 0) is 45.3 Å². The Bertz CT molecular complexity index is 1640. The smallest absolute Gasteiger partial charge is 0.369 e. The fourth-order valence-electron chi connectivity index (χ4n) is 7.31. The molecule has 0 unspecified atom stereocenters. The highest BCUT2D eigenvalue weighted by atomic mass is 19.4. The molecule has 49 heavy (non-hydrogen) atoms. The second-order valence-corrected chi connectivity index (χ2v) is 13.6. The number of amides is 3. The number of hydrogen-bond acceptors (Lipinski definition) is 8. The second kappa shape index (κ2) is 13.3. The zero-order chi connectivity index (χ0) is 35.2. The van der Waals surface area contributed by atoms with E-state index in [-0.39, 0.29) is 36.1 Å². The number of carbonyl (C=O) groups is 3. The summed E-state index contributed by atoms with van der Waals surface area (Å²) in [5, 5.41) is 0. The van der Waals surface area contributed by atoms with Crippen LogP contribution in [0.5, 0.6) is 0 Å². The summed E-state index contributed by atoms with van der Waals surface area (Å²) in [6.07, 6.45) is -1.38. The van der Waals surface area contributed by atoms with E-state index in [1.165, 1.54) is 31.0 Å². The molecule has 15 heteroatoms. The van der Waals surface area contributed by atoms with Crippen LogP contribution in [-0.4, -0.2) is 129 Å². The minimum Gasteiger partial charge on any atom is -0.369 e. The number of morpholine rings is 1. The zero-order valence-corrected chi connectivity index (χ0v) is 28.0. The number of aryl methyl sites for hydroxylation is 1. The quantitative estimate of drug-likeness (QED) is 0.325. The number of rotatable bonds is 7. The van der Waals surface area contributed by atoms with Crippen molar-refractivity contribution in [2.45, 2.75) is 31.2 Å². The lowest BCUT2D eigenvalue weighted by Crippen LogP contribution is -2.71. The van der Waals surface area contributed by atoms with Crippen LogP contribution in [0.25, 0.3) is 0 Å². The molecule has 0 saturated carbocycles. The molecular formula is C34H41F4N7O4. The summed E-state index contributed by atoms with van der Waals surface area (Å²) in [5.41, 5.74) is -0.872. The lowest BCUT2D eigenvalue weighted by Gasteiger charge is -2.53. The van der Waals surface area contributed by atoms with Gasteiger partial charge in [-0.1, -0.05) is 12.1 Å². The summed E-state index contributed by atoms with van der Waals surface area (Å²) in [4.78, 5) is 54.5. The number of pyridine rings is 1. The Labute approximate surface area is 282 Å². The summed E-state index contributed by atoms with van der Waals surface area (Å²) in [7, 11) is 5.34. The first kappa shape index (κ1) is 34.8. The van der Waals surface area contributed by atoms with E-state index in [9.17, 15) is 27.6 Å². The normalized spacial score (nSPS) is 22.9. The van der Waals surface area contributed by atoms with Gasteiger partial charge in [-0.2, -0.15) is 13.2 Å². The number of likely N-dealkylation sites (tertiary alicyclic amines) is 1. The average Bonchev–Trinajstić information content (AvgIpc) is 3.34. The standard InChI is InChI=1S/C34H41F4N7O4/c1-22-15-24(34(36,37)38)17-27(39-22)45-29(47)16-23-18-43(31-25(35)7-5-8-26(31)41(4)32(48)30(23)45)12-11-42-13-14-49-33(19-42)20-44(21-33)28(46)9-6-10-40(2)3/h5-9,15,17,23,30H,10-14,16,18-21H2,1-4H3/b9-6+/t23-,30+/m1/s1. The molecule has 11 nitrogen and oxygen atoms in total. The van der Waals surface area contributed by atoms with Crippen LogP contribution in [0.3, 0.4) is 0 Å². The maximum Gasteiger partial charge on any atom is 0.416 e. The molecule has 2 aromatic rings. The van der Waals surface area contributed by atoms with Crippen molar-refractivity contribution in [2.75, 3.05) is 94.8 Å². The molecule has 1 spiro atoms. The maximum absolute atomic E-state index is 15.6. The number of carbonyl (C=O) groups excluding carboxylic acids is 3. The predicted molar refractivity (Wildman–Crippen MR) is 175 cm³/mol. The van der Waals surface area contributed by atoms with Crippen LogP contribution in [-0.2, 0) is 25.3 Å². The molecule has 5 heterocycles. The van der Waals surface area contributed by atoms with Crippen molar-refractivity contribution < 1.29 is 36.7 Å². The van der Waals surface area contributed by atoms with E-state index in [0.29, 0.717) is 58.1 Å². The van der Waals surface area contributed by atoms with Gasteiger partial charge in [0.1, 0.15) is 23.3 Å². The van der Waals surface area contributed by atoms with Crippen LogP contribution in [0.15, 0.2) is 42.5 Å². The lowest BCUT2D eigenvalue weighted by atomic mass is 9.91. The van der Waals surface area contributed by atoms with E-state index in [1.807, 2.05) is 30.0 Å². The molecule has 0 radical (unpaired) electrons. The van der Waals surface area contributed by atoms with E-state index in [2.05, 4.69) is 9.88 Å². The molecular weight excluding hydrogens is 646 g/mol. The Hall–Kier alpha value is -4.08. The molecule has 1 aromatic carbocycles. The van der Waals surface area contributed by atoms with Crippen LogP contribution in [0.4, 0.5) is 34.8 Å². The summed E-state index contributed by atoms with van der Waals surface area (Å²) < 4.78 is 63.0. The van der Waals surface area contributed by atoms with Gasteiger partial charge in [-0.15, -0.1) is 0 Å². The summed E-state index contributed by atoms with van der Waals surface area (Å²) in [6.45, 7) is 5.66. The molecule has 0 bridgehead atoms. The molecule has 4 aliphatic rings. The van der Waals surface area contributed by atoms with E-state index in [4.69, 9.17) is 4.74 Å². The van der Waals surface area contributed by atoms with Gasteiger partial charge in [0.2, 0.25) is 17.7 Å². The third kappa shape index (κ3) is 7.01. The Morgan fingerprint density at radius 1 is 1.14 bits per heavy atom. The Balaban J connectivity index is 1.22. The third-order valence-corrected chi connectivity index (χ3v) is 9.64. The van der Waals surface area contributed by atoms with Crippen LogP contribution >= 0.6 is 0 Å². The fraction of sp³-hybridized carbons (Fsp3) is 0.529. The van der Waals surface area contributed by atoms with Crippen LogP contribution < -0.4 is 14.7 Å². The Morgan fingerprint density at radius 2 is 1.90 bits per heavy atom. The Kier molecular flexibility index (Phi) is 9.46. The molecule has 6 rings (SSSR count). The molecule has 4 aliphatic heterocycles. The highest BCUT2D eigenvalue weighted by Gasteiger charge is 2.51. The van der Waals surface area contributed by atoms with Gasteiger partial charge in [-0.25, -0.2) is 9.37 Å². The fourth-order valence-corrected chi connectivity index (χ4v) is 7.31. The number of hydrogen-bond donors (Lipinski definition) is 0. The number of nitrogens with zero attached hydrogens (tertiary/aromatic N) is 7. The number of anilines is 3. The van der Waals surface area contributed by atoms with Crippen molar-refractivity contribution in [1.29, 1.82) is 0 Å². The third-order valence-electron chi connectivity index (χ3n) is 9.64. The number of para-hydroxylation sites is 1. The average molecular weight is 688 g/mol. The minimum atomic E-state index is -4.67. The molecule has 2 atom stereocenters. The van der Waals surface area contributed by atoms with E-state index >= 15 is 4.39 Å². The molecule has 0 N–H and O–H groups in total. The number of benzene rings is 1. The first-order valence-electron chi connectivity index (χ1n) is 16.3. The van der Waals surface area contributed by atoms with Gasteiger partial charge in [0.05, 0.1) is 36.6 Å². The zero-order valence-electron chi connectivity index (χ0n) is 28.0. The molecule has 0 aliphatic carbocycles. The number of ether oxygens (including phenoxy) is 1. The summed E-state index contributed by atoms with van der Waals surface area (Å²) in [6, 6.07) is 5.00. The van der Waals surface area contributed by atoms with Gasteiger partial charge in [0.25, 0.3) is 0 Å². The van der Waals surface area contributed by atoms with Crippen LogP contribution in [0, 0.1) is 18.7 Å². The van der Waals surface area contributed by atoms with Crippen molar-refractivity contribution in [2.24, 2.45) is 5.92 Å². The first-order chi connectivity index (χ1) is 23.2. The van der Waals surface area contributed by atoms with E-state index in [0.717, 1.165) is 17.0 Å². The van der Waals surface area contributed by atoms with Crippen molar-refractivity contribution >= 4 is 34.9 Å². The highest BCUT2D eigenvalue weighted by Crippen LogP contribution is 2.41. The minimum absolute atomic E-state index is 0.0600. The van der Waals surface area contributed by atoms with Gasteiger partial charge >= 0.3 is 6.18 Å². The van der Waals surface area contributed by atoms with Crippen LogP contribution in [0.2, 0.25) is 0 Å². The lowest BCUT2D eigenvalue weighted by molar-refractivity contribution is -0.188. The van der Waals surface area contributed by atoms with Gasteiger partial charge in [0.15, 0.2) is 0 Å². The van der Waals surface area contributed by atoms with Gasteiger partial charge in [0, 0.05) is 70.4 Å². The summed E-state index contributed by atoms with van der Waals surface area (Å²) in [5.74, 6) is -2.53. The predicted octanol–water partition coefficient (Wildman–Crippen LogP) is 2.78. The van der Waals surface area contributed by atoms with E-state index in [1.54, 1.807) is 17.0 Å². The second-order valence-electron chi connectivity index (χ2n) is 13.6. The topological polar surface area (TPSA) is 92.8 Å². The molecule has 264 valence electrons.